The number of rotatable bonds is 5. The first-order valence-corrected chi connectivity index (χ1v) is 11.2. The Balaban J connectivity index is 1.54. The number of aromatic amines is 1. The highest BCUT2D eigenvalue weighted by molar-refractivity contribution is 5.93. The maximum absolute atomic E-state index is 13.6. The van der Waals surface area contributed by atoms with Crippen LogP contribution in [0, 0.1) is 0 Å². The van der Waals surface area contributed by atoms with Gasteiger partial charge in [0.2, 0.25) is 0 Å². The number of H-pyrrole nitrogens is 1. The van der Waals surface area contributed by atoms with Gasteiger partial charge in [0, 0.05) is 29.2 Å². The summed E-state index contributed by atoms with van der Waals surface area (Å²) >= 11 is 0. The Bertz CT molecular complexity index is 1330. The monoisotopic (exact) mass is 457 g/mol. The molecular formula is C27H27N3O4. The molecule has 1 atom stereocenters. The summed E-state index contributed by atoms with van der Waals surface area (Å²) in [6.07, 6.45) is 0.763. The molecule has 5 rings (SSSR count). The Hall–Kier alpha value is -4.13. The summed E-state index contributed by atoms with van der Waals surface area (Å²) in [5.74, 6) is 1.97. The molecule has 1 aromatic heterocycles. The molecule has 174 valence electrons. The van der Waals surface area contributed by atoms with Gasteiger partial charge in [-0.3, -0.25) is 0 Å². The predicted octanol–water partition coefficient (Wildman–Crippen LogP) is 5.37. The number of aromatic nitrogens is 1. The number of hydrogen-bond donors (Lipinski definition) is 2. The van der Waals surface area contributed by atoms with Crippen LogP contribution in [0.15, 0.2) is 66.7 Å². The molecule has 0 fully saturated rings. The molecule has 0 aliphatic carbocycles. The van der Waals surface area contributed by atoms with Crippen molar-refractivity contribution >= 4 is 22.6 Å². The maximum atomic E-state index is 13.6. The predicted molar refractivity (Wildman–Crippen MR) is 132 cm³/mol. The number of benzene rings is 3. The van der Waals surface area contributed by atoms with E-state index in [0.717, 1.165) is 28.9 Å². The third kappa shape index (κ3) is 3.79. The number of fused-ring (bicyclic) bond motifs is 3. The highest BCUT2D eigenvalue weighted by atomic mass is 16.5. The van der Waals surface area contributed by atoms with Crippen molar-refractivity contribution in [2.75, 3.05) is 33.2 Å². The van der Waals surface area contributed by atoms with Crippen molar-refractivity contribution in [3.63, 3.8) is 0 Å². The van der Waals surface area contributed by atoms with Gasteiger partial charge in [0.25, 0.3) is 0 Å². The molecule has 0 bridgehead atoms. The van der Waals surface area contributed by atoms with E-state index in [1.807, 2.05) is 41.3 Å². The number of nitrogens with one attached hydrogen (secondary N) is 2. The average Bonchev–Trinajstić information content (AvgIpc) is 3.27. The van der Waals surface area contributed by atoms with Gasteiger partial charge in [-0.25, -0.2) is 4.79 Å². The molecule has 7 nitrogen and oxygen atoms in total. The van der Waals surface area contributed by atoms with Gasteiger partial charge in [-0.15, -0.1) is 0 Å². The van der Waals surface area contributed by atoms with E-state index in [1.54, 1.807) is 39.5 Å². The van der Waals surface area contributed by atoms with Gasteiger partial charge in [0.05, 0.1) is 33.1 Å². The lowest BCUT2D eigenvalue weighted by Crippen LogP contribution is -2.43. The number of carbonyl (C=O) groups excluding carboxylic acids is 1. The first kappa shape index (κ1) is 21.7. The zero-order valence-electron chi connectivity index (χ0n) is 19.4. The molecule has 1 aliphatic heterocycles. The largest absolute Gasteiger partial charge is 0.497 e. The number of methoxy groups -OCH3 is 3. The highest BCUT2D eigenvalue weighted by Gasteiger charge is 2.35. The standard InChI is InChI=1S/C27H27N3O4/c1-32-18-10-8-17(9-11-18)26-25-21(20-6-4-5-7-22(20)28-25)14-15-30(26)27(31)29-23-13-12-19(33-2)16-24(23)34-3/h4-13,16,26,28H,14-15H2,1-3H3,(H,29,31). The zero-order chi connectivity index (χ0) is 23.7. The Morgan fingerprint density at radius 2 is 1.68 bits per heavy atom. The Kier molecular flexibility index (Phi) is 5.76. The van der Waals surface area contributed by atoms with E-state index in [9.17, 15) is 4.79 Å². The minimum Gasteiger partial charge on any atom is -0.497 e. The first-order chi connectivity index (χ1) is 16.6. The molecule has 1 aliphatic rings. The van der Waals surface area contributed by atoms with Crippen molar-refractivity contribution in [2.45, 2.75) is 12.5 Å². The number of para-hydroxylation sites is 1. The van der Waals surface area contributed by atoms with Crippen molar-refractivity contribution in [2.24, 2.45) is 0 Å². The molecule has 0 spiro atoms. The Morgan fingerprint density at radius 1 is 0.941 bits per heavy atom. The van der Waals surface area contributed by atoms with E-state index in [-0.39, 0.29) is 12.1 Å². The van der Waals surface area contributed by atoms with Crippen LogP contribution in [0.4, 0.5) is 10.5 Å². The third-order valence-electron chi connectivity index (χ3n) is 6.38. The second kappa shape index (κ2) is 9.02. The fourth-order valence-electron chi connectivity index (χ4n) is 4.68. The van der Waals surface area contributed by atoms with Crippen LogP contribution < -0.4 is 19.5 Å². The summed E-state index contributed by atoms with van der Waals surface area (Å²) < 4.78 is 16.1. The van der Waals surface area contributed by atoms with Gasteiger partial charge in [0.15, 0.2) is 0 Å². The molecule has 7 heteroatoms. The molecule has 2 N–H and O–H groups in total. The van der Waals surface area contributed by atoms with Crippen molar-refractivity contribution in [3.8, 4) is 17.2 Å². The van der Waals surface area contributed by atoms with Crippen molar-refractivity contribution < 1.29 is 19.0 Å². The number of amides is 2. The summed E-state index contributed by atoms with van der Waals surface area (Å²) in [5, 5.41) is 4.24. The van der Waals surface area contributed by atoms with Crippen LogP contribution >= 0.6 is 0 Å². The third-order valence-corrected chi connectivity index (χ3v) is 6.38. The molecule has 3 aromatic carbocycles. The van der Waals surface area contributed by atoms with Gasteiger partial charge in [0.1, 0.15) is 17.2 Å². The molecular weight excluding hydrogens is 430 g/mol. The summed E-state index contributed by atoms with van der Waals surface area (Å²) in [6, 6.07) is 21.0. The molecule has 2 amide bonds. The molecule has 4 aromatic rings. The van der Waals surface area contributed by atoms with Gasteiger partial charge in [-0.1, -0.05) is 30.3 Å². The fraction of sp³-hybridized carbons (Fsp3) is 0.222. The topological polar surface area (TPSA) is 75.8 Å². The van der Waals surface area contributed by atoms with Crippen LogP contribution in [0.3, 0.4) is 0 Å². The second-order valence-corrected chi connectivity index (χ2v) is 8.18. The van der Waals surface area contributed by atoms with Crippen molar-refractivity contribution in [3.05, 3.63) is 83.6 Å². The van der Waals surface area contributed by atoms with Crippen LogP contribution in [-0.4, -0.2) is 43.8 Å². The summed E-state index contributed by atoms with van der Waals surface area (Å²) in [5.41, 5.74) is 4.96. The van der Waals surface area contributed by atoms with Crippen molar-refractivity contribution in [1.82, 2.24) is 9.88 Å². The number of carbonyl (C=O) groups is 1. The van der Waals surface area contributed by atoms with Crippen LogP contribution in [0.2, 0.25) is 0 Å². The number of ether oxygens (including phenoxy) is 3. The summed E-state index contributed by atoms with van der Waals surface area (Å²) in [7, 11) is 4.81. The molecule has 0 saturated carbocycles. The molecule has 0 saturated heterocycles. The van der Waals surface area contributed by atoms with Crippen LogP contribution in [0.1, 0.15) is 22.9 Å². The quantitative estimate of drug-likeness (QED) is 0.422. The number of anilines is 1. The molecule has 34 heavy (non-hydrogen) atoms. The zero-order valence-corrected chi connectivity index (χ0v) is 19.4. The number of nitrogens with zero attached hydrogens (tertiary/aromatic N) is 1. The van der Waals surface area contributed by atoms with E-state index < -0.39 is 0 Å². The van der Waals surface area contributed by atoms with E-state index >= 15 is 0 Å². The lowest BCUT2D eigenvalue weighted by atomic mass is 9.92. The molecule has 0 radical (unpaired) electrons. The lowest BCUT2D eigenvalue weighted by Gasteiger charge is -2.36. The Morgan fingerprint density at radius 3 is 2.41 bits per heavy atom. The van der Waals surface area contributed by atoms with Crippen LogP contribution in [0.5, 0.6) is 17.2 Å². The summed E-state index contributed by atoms with van der Waals surface area (Å²) in [4.78, 5) is 19.1. The molecule has 1 unspecified atom stereocenters. The minimum atomic E-state index is -0.272. The van der Waals surface area contributed by atoms with Crippen LogP contribution in [-0.2, 0) is 6.42 Å². The Labute approximate surface area is 198 Å². The first-order valence-electron chi connectivity index (χ1n) is 11.2. The van der Waals surface area contributed by atoms with Gasteiger partial charge in [-0.2, -0.15) is 0 Å². The highest BCUT2D eigenvalue weighted by Crippen LogP contribution is 2.39. The van der Waals surface area contributed by atoms with Gasteiger partial charge < -0.3 is 29.4 Å². The normalized spacial score (nSPS) is 15.0. The number of urea groups is 1. The van der Waals surface area contributed by atoms with Gasteiger partial charge >= 0.3 is 6.03 Å². The SMILES string of the molecule is COc1ccc(C2c3[nH]c4ccccc4c3CCN2C(=O)Nc2ccc(OC)cc2OC)cc1. The van der Waals surface area contributed by atoms with Gasteiger partial charge in [-0.05, 0) is 47.9 Å². The van der Waals surface area contributed by atoms with Crippen molar-refractivity contribution in [1.29, 1.82) is 0 Å². The fourth-order valence-corrected chi connectivity index (χ4v) is 4.68. The number of hydrogen-bond acceptors (Lipinski definition) is 4. The van der Waals surface area contributed by atoms with E-state index in [2.05, 4.69) is 22.4 Å². The van der Waals surface area contributed by atoms with E-state index in [4.69, 9.17) is 14.2 Å². The lowest BCUT2D eigenvalue weighted by molar-refractivity contribution is 0.193. The minimum absolute atomic E-state index is 0.200. The van der Waals surface area contributed by atoms with Crippen LogP contribution in [0.25, 0.3) is 10.9 Å². The summed E-state index contributed by atoms with van der Waals surface area (Å²) in [6.45, 7) is 0.579. The second-order valence-electron chi connectivity index (χ2n) is 8.18. The smallest absolute Gasteiger partial charge is 0.322 e. The van der Waals surface area contributed by atoms with E-state index in [0.29, 0.717) is 23.7 Å². The maximum Gasteiger partial charge on any atom is 0.322 e. The average molecular weight is 458 g/mol. The van der Waals surface area contributed by atoms with E-state index in [1.165, 1.54) is 10.9 Å². The molecule has 2 heterocycles.